The van der Waals surface area contributed by atoms with E-state index in [0.717, 1.165) is 18.5 Å². The molecule has 0 spiro atoms. The molecule has 90 valence electrons. The third-order valence-corrected chi connectivity index (χ3v) is 3.75. The van der Waals surface area contributed by atoms with E-state index in [-0.39, 0.29) is 11.9 Å². The minimum atomic E-state index is 0.205. The lowest BCUT2D eigenvalue weighted by Crippen LogP contribution is -2.27. The van der Waals surface area contributed by atoms with Crippen molar-refractivity contribution in [3.05, 3.63) is 29.3 Å². The van der Waals surface area contributed by atoms with Gasteiger partial charge in [-0.1, -0.05) is 6.07 Å². The lowest BCUT2D eigenvalue weighted by atomic mass is 10.1. The first-order valence-corrected chi connectivity index (χ1v) is 6.40. The Kier molecular flexibility index (Phi) is 2.54. The molecule has 0 aromatic heterocycles. The Morgan fingerprint density at radius 1 is 1.35 bits per heavy atom. The zero-order valence-corrected chi connectivity index (χ0v) is 9.91. The molecule has 1 amide bonds. The summed E-state index contributed by atoms with van der Waals surface area (Å²) in [6, 6.07) is 6.21. The van der Waals surface area contributed by atoms with Crippen LogP contribution in [0.15, 0.2) is 18.2 Å². The van der Waals surface area contributed by atoms with Crippen molar-refractivity contribution in [1.29, 1.82) is 0 Å². The Bertz CT molecular complexity index is 452. The number of fused-ring (bicyclic) bond motifs is 1. The van der Waals surface area contributed by atoms with Crippen LogP contribution in [0.3, 0.4) is 0 Å². The predicted molar refractivity (Wildman–Crippen MR) is 67.4 cm³/mol. The van der Waals surface area contributed by atoms with Gasteiger partial charge in [-0.15, -0.1) is 0 Å². The second kappa shape index (κ2) is 4.06. The fourth-order valence-electron chi connectivity index (χ4n) is 2.62. The van der Waals surface area contributed by atoms with Crippen molar-refractivity contribution in [3.63, 3.8) is 0 Å². The number of nitrogens with two attached hydrogens (primary N) is 1. The van der Waals surface area contributed by atoms with Crippen LogP contribution >= 0.6 is 0 Å². The Balaban J connectivity index is 1.68. The van der Waals surface area contributed by atoms with Gasteiger partial charge in [0.25, 0.3) is 0 Å². The number of rotatable bonds is 3. The van der Waals surface area contributed by atoms with Crippen LogP contribution in [0, 0.1) is 5.92 Å². The van der Waals surface area contributed by atoms with E-state index in [1.54, 1.807) is 0 Å². The first-order chi connectivity index (χ1) is 8.22. The molecule has 0 aliphatic heterocycles. The number of nitrogen functional groups attached to an aromatic ring is 1. The largest absolute Gasteiger partial charge is 0.399 e. The molecule has 1 fully saturated rings. The molecule has 3 N–H and O–H groups in total. The van der Waals surface area contributed by atoms with Gasteiger partial charge in [0.15, 0.2) is 0 Å². The van der Waals surface area contributed by atoms with Gasteiger partial charge in [0.05, 0.1) is 6.04 Å². The fraction of sp³-hybridized carbons (Fsp3) is 0.500. The van der Waals surface area contributed by atoms with Crippen LogP contribution in [0.2, 0.25) is 0 Å². The monoisotopic (exact) mass is 230 g/mol. The fourth-order valence-corrected chi connectivity index (χ4v) is 2.62. The zero-order chi connectivity index (χ0) is 11.8. The van der Waals surface area contributed by atoms with Gasteiger partial charge in [0, 0.05) is 12.1 Å². The number of hydrogen-bond acceptors (Lipinski definition) is 2. The van der Waals surface area contributed by atoms with E-state index in [0.29, 0.717) is 12.3 Å². The molecular weight excluding hydrogens is 212 g/mol. The number of nitrogens with one attached hydrogen (secondary N) is 1. The highest BCUT2D eigenvalue weighted by Crippen LogP contribution is 2.34. The minimum Gasteiger partial charge on any atom is -0.399 e. The summed E-state index contributed by atoms with van der Waals surface area (Å²) in [5.74, 6) is 0.865. The van der Waals surface area contributed by atoms with Crippen molar-refractivity contribution in [2.75, 3.05) is 5.73 Å². The predicted octanol–water partition coefficient (Wildman–Crippen LogP) is 2.17. The average Bonchev–Trinajstić information content (AvgIpc) is 3.01. The molecule has 2 aliphatic rings. The van der Waals surface area contributed by atoms with Gasteiger partial charge < -0.3 is 11.1 Å². The Morgan fingerprint density at radius 2 is 2.18 bits per heavy atom. The molecule has 1 aromatic carbocycles. The van der Waals surface area contributed by atoms with Crippen molar-refractivity contribution in [3.8, 4) is 0 Å². The molecule has 0 saturated heterocycles. The number of aryl methyl sites for hydroxylation is 1. The number of anilines is 1. The molecule has 3 rings (SSSR count). The standard InChI is InChI=1S/C14H18N2O/c15-11-4-5-12-10(8-11)3-6-13(12)16-14(17)7-9-1-2-9/h4-5,8-9,13H,1-3,6-7,15H2,(H,16,17). The molecule has 0 radical (unpaired) electrons. The van der Waals surface area contributed by atoms with Crippen LogP contribution in [-0.2, 0) is 11.2 Å². The number of carbonyl (C=O) groups is 1. The highest BCUT2D eigenvalue weighted by atomic mass is 16.1. The Labute approximate surface area is 101 Å². The van der Waals surface area contributed by atoms with Gasteiger partial charge in [-0.05, 0) is 54.9 Å². The molecule has 0 heterocycles. The number of carbonyl (C=O) groups excluding carboxylic acids is 1. The maximum absolute atomic E-state index is 11.8. The summed E-state index contributed by atoms with van der Waals surface area (Å²) in [6.07, 6.45) is 5.20. The molecule has 17 heavy (non-hydrogen) atoms. The number of hydrogen-bond donors (Lipinski definition) is 2. The lowest BCUT2D eigenvalue weighted by Gasteiger charge is -2.14. The van der Waals surface area contributed by atoms with Crippen LogP contribution in [0.4, 0.5) is 5.69 Å². The smallest absolute Gasteiger partial charge is 0.220 e. The summed E-state index contributed by atoms with van der Waals surface area (Å²) < 4.78 is 0. The van der Waals surface area contributed by atoms with Crippen molar-refractivity contribution < 1.29 is 4.79 Å². The third kappa shape index (κ3) is 2.28. The summed E-state index contributed by atoms with van der Waals surface area (Å²) in [5, 5.41) is 3.15. The van der Waals surface area contributed by atoms with Gasteiger partial charge >= 0.3 is 0 Å². The first-order valence-electron chi connectivity index (χ1n) is 6.40. The highest BCUT2D eigenvalue weighted by Gasteiger charge is 2.28. The SMILES string of the molecule is Nc1ccc2c(c1)CCC2NC(=O)CC1CC1. The van der Waals surface area contributed by atoms with Gasteiger partial charge in [-0.25, -0.2) is 0 Å². The van der Waals surface area contributed by atoms with Crippen molar-refractivity contribution in [2.24, 2.45) is 5.92 Å². The van der Waals surface area contributed by atoms with Gasteiger partial charge in [0.2, 0.25) is 5.91 Å². The third-order valence-electron chi connectivity index (χ3n) is 3.75. The Hall–Kier alpha value is -1.51. The topological polar surface area (TPSA) is 55.1 Å². The van der Waals surface area contributed by atoms with Gasteiger partial charge in [0.1, 0.15) is 0 Å². The zero-order valence-electron chi connectivity index (χ0n) is 9.91. The van der Waals surface area contributed by atoms with E-state index in [9.17, 15) is 4.79 Å². The van der Waals surface area contributed by atoms with E-state index in [2.05, 4.69) is 11.4 Å². The molecule has 3 nitrogen and oxygen atoms in total. The molecule has 1 unspecified atom stereocenters. The quantitative estimate of drug-likeness (QED) is 0.782. The van der Waals surface area contributed by atoms with E-state index >= 15 is 0 Å². The molecule has 3 heteroatoms. The van der Waals surface area contributed by atoms with Gasteiger partial charge in [-0.2, -0.15) is 0 Å². The summed E-state index contributed by atoms with van der Waals surface area (Å²) in [4.78, 5) is 11.8. The summed E-state index contributed by atoms with van der Waals surface area (Å²) in [5.41, 5.74) is 9.12. The second-order valence-electron chi connectivity index (χ2n) is 5.26. The molecule has 2 aliphatic carbocycles. The van der Waals surface area contributed by atoms with Crippen LogP contribution in [-0.4, -0.2) is 5.91 Å². The molecule has 1 atom stereocenters. The number of amides is 1. The van der Waals surface area contributed by atoms with E-state index in [1.807, 2.05) is 12.1 Å². The second-order valence-corrected chi connectivity index (χ2v) is 5.26. The molecular formula is C14H18N2O. The van der Waals surface area contributed by atoms with Crippen molar-refractivity contribution >= 4 is 11.6 Å². The van der Waals surface area contributed by atoms with Crippen molar-refractivity contribution in [1.82, 2.24) is 5.32 Å². The minimum absolute atomic E-state index is 0.205. The summed E-state index contributed by atoms with van der Waals surface area (Å²) >= 11 is 0. The Morgan fingerprint density at radius 3 is 2.94 bits per heavy atom. The molecule has 0 bridgehead atoms. The molecule has 1 saturated carbocycles. The average molecular weight is 230 g/mol. The summed E-state index contributed by atoms with van der Waals surface area (Å²) in [6.45, 7) is 0. The van der Waals surface area contributed by atoms with Gasteiger partial charge in [-0.3, -0.25) is 4.79 Å². The summed E-state index contributed by atoms with van der Waals surface area (Å²) in [7, 11) is 0. The van der Waals surface area contributed by atoms with Crippen LogP contribution in [0.25, 0.3) is 0 Å². The lowest BCUT2D eigenvalue weighted by molar-refractivity contribution is -0.122. The van der Waals surface area contributed by atoms with E-state index < -0.39 is 0 Å². The van der Waals surface area contributed by atoms with Crippen LogP contribution in [0.5, 0.6) is 0 Å². The van der Waals surface area contributed by atoms with E-state index in [1.165, 1.54) is 24.0 Å². The van der Waals surface area contributed by atoms with E-state index in [4.69, 9.17) is 5.73 Å². The number of benzene rings is 1. The molecule has 1 aromatic rings. The van der Waals surface area contributed by atoms with Crippen molar-refractivity contribution in [2.45, 2.75) is 38.1 Å². The maximum atomic E-state index is 11.8. The van der Waals surface area contributed by atoms with Crippen LogP contribution < -0.4 is 11.1 Å². The highest BCUT2D eigenvalue weighted by molar-refractivity contribution is 5.77. The first kappa shape index (κ1) is 10.6. The maximum Gasteiger partial charge on any atom is 0.220 e. The normalized spacial score (nSPS) is 22.2. The van der Waals surface area contributed by atoms with Crippen LogP contribution in [0.1, 0.15) is 42.9 Å².